The number of anilines is 1. The maximum Gasteiger partial charge on any atom is 0.319 e. The normalized spacial score (nSPS) is 16.2. The number of carbonyl (C=O) groups excluding carboxylic acids is 1. The molecule has 1 aliphatic rings. The number of urea groups is 1. The van der Waals surface area contributed by atoms with Gasteiger partial charge in [-0.2, -0.15) is 4.36 Å². The number of carbonyl (C=O) groups is 1. The van der Waals surface area contributed by atoms with Gasteiger partial charge in [0.15, 0.2) is 0 Å². The lowest BCUT2D eigenvalue weighted by molar-refractivity contribution is 0.250. The molecule has 0 saturated carbocycles. The Balaban J connectivity index is 1.87. The molecular weight excluding hydrogens is 302 g/mol. The summed E-state index contributed by atoms with van der Waals surface area (Å²) in [6.07, 6.45) is 3.39. The van der Waals surface area contributed by atoms with Crippen molar-refractivity contribution in [1.29, 1.82) is 0 Å². The number of nitrogens with zero attached hydrogens (tertiary/aromatic N) is 1. The first-order valence-corrected chi connectivity index (χ1v) is 9.45. The molecule has 2 amide bonds. The van der Waals surface area contributed by atoms with E-state index in [4.69, 9.17) is 5.11 Å². The molecule has 1 saturated heterocycles. The molecule has 0 aromatic heterocycles. The van der Waals surface area contributed by atoms with Crippen molar-refractivity contribution in [3.63, 3.8) is 0 Å². The smallest absolute Gasteiger partial charge is 0.319 e. The second-order valence-corrected chi connectivity index (χ2v) is 7.88. The van der Waals surface area contributed by atoms with Gasteiger partial charge in [-0.1, -0.05) is 0 Å². The van der Waals surface area contributed by atoms with Crippen LogP contribution in [0, 0.1) is 0 Å². The van der Waals surface area contributed by atoms with Gasteiger partial charge < -0.3 is 15.7 Å². The second kappa shape index (κ2) is 8.14. The fourth-order valence-corrected chi connectivity index (χ4v) is 4.46. The van der Waals surface area contributed by atoms with E-state index in [0.29, 0.717) is 35.8 Å². The molecule has 22 heavy (non-hydrogen) atoms. The first-order valence-electron chi connectivity index (χ1n) is 7.60. The van der Waals surface area contributed by atoms with Gasteiger partial charge in [0, 0.05) is 30.3 Å². The van der Waals surface area contributed by atoms with E-state index in [2.05, 4.69) is 15.0 Å². The van der Waals surface area contributed by atoms with Gasteiger partial charge in [-0.25, -0.2) is 9.00 Å². The molecule has 6 nitrogen and oxygen atoms in total. The van der Waals surface area contributed by atoms with E-state index in [1.165, 1.54) is 0 Å². The maximum atomic E-state index is 12.3. The molecule has 7 heteroatoms. The van der Waals surface area contributed by atoms with E-state index >= 15 is 0 Å². The van der Waals surface area contributed by atoms with Crippen LogP contribution >= 0.6 is 0 Å². The quantitative estimate of drug-likeness (QED) is 0.702. The Morgan fingerprint density at radius 3 is 2.50 bits per heavy atom. The van der Waals surface area contributed by atoms with Crippen molar-refractivity contribution in [3.05, 3.63) is 24.3 Å². The van der Waals surface area contributed by atoms with Crippen molar-refractivity contribution >= 4 is 27.1 Å². The summed E-state index contributed by atoms with van der Waals surface area (Å²) in [5, 5.41) is 14.1. The van der Waals surface area contributed by atoms with Crippen molar-refractivity contribution in [2.45, 2.75) is 25.7 Å². The van der Waals surface area contributed by atoms with Crippen LogP contribution in [0.15, 0.2) is 28.6 Å². The first kappa shape index (κ1) is 16.8. The highest BCUT2D eigenvalue weighted by atomic mass is 32.2. The van der Waals surface area contributed by atoms with E-state index < -0.39 is 9.73 Å². The van der Waals surface area contributed by atoms with Crippen LogP contribution in [0.1, 0.15) is 25.7 Å². The van der Waals surface area contributed by atoms with Gasteiger partial charge in [0.2, 0.25) is 0 Å². The summed E-state index contributed by atoms with van der Waals surface area (Å²) in [5.41, 5.74) is 1.36. The van der Waals surface area contributed by atoms with Crippen molar-refractivity contribution in [1.82, 2.24) is 5.32 Å². The lowest BCUT2D eigenvalue weighted by Crippen LogP contribution is -2.29. The maximum absolute atomic E-state index is 12.3. The Hall–Kier alpha value is -1.60. The lowest BCUT2D eigenvalue weighted by atomic mass is 10.3. The number of amides is 2. The van der Waals surface area contributed by atoms with Gasteiger partial charge >= 0.3 is 6.03 Å². The number of hydrogen-bond acceptors (Lipinski definition) is 4. The first-order chi connectivity index (χ1) is 10.6. The molecule has 0 spiro atoms. The minimum Gasteiger partial charge on any atom is -0.396 e. The van der Waals surface area contributed by atoms with Gasteiger partial charge in [-0.05, 0) is 49.9 Å². The van der Waals surface area contributed by atoms with Crippen molar-refractivity contribution < 1.29 is 14.1 Å². The summed E-state index contributed by atoms with van der Waals surface area (Å²) >= 11 is 0. The predicted molar refractivity (Wildman–Crippen MR) is 89.0 cm³/mol. The average molecular weight is 325 g/mol. The van der Waals surface area contributed by atoms with Crippen LogP contribution < -0.4 is 10.6 Å². The Kier molecular flexibility index (Phi) is 6.21. The number of rotatable bonds is 6. The van der Waals surface area contributed by atoms with E-state index in [-0.39, 0.29) is 12.6 Å². The molecule has 0 unspecified atom stereocenters. The topological polar surface area (TPSA) is 90.8 Å². The summed E-state index contributed by atoms with van der Waals surface area (Å²) in [4.78, 5) is 11.6. The number of nitrogens with one attached hydrogen (secondary N) is 2. The Bertz CT molecular complexity index is 595. The predicted octanol–water partition coefficient (Wildman–Crippen LogP) is 2.47. The van der Waals surface area contributed by atoms with Crippen LogP contribution in [0.2, 0.25) is 0 Å². The van der Waals surface area contributed by atoms with Crippen molar-refractivity contribution in [2.24, 2.45) is 4.36 Å². The van der Waals surface area contributed by atoms with E-state index in [0.717, 1.165) is 19.3 Å². The molecule has 1 fully saturated rings. The van der Waals surface area contributed by atoms with E-state index in [9.17, 15) is 9.00 Å². The molecule has 1 aromatic carbocycles. The van der Waals surface area contributed by atoms with E-state index in [1.54, 1.807) is 24.3 Å². The van der Waals surface area contributed by atoms with Crippen LogP contribution in [0.3, 0.4) is 0 Å². The van der Waals surface area contributed by atoms with Crippen LogP contribution in [0.25, 0.3) is 0 Å². The molecule has 0 radical (unpaired) electrons. The molecule has 122 valence electrons. The Morgan fingerprint density at radius 2 is 1.86 bits per heavy atom. The fourth-order valence-electron chi connectivity index (χ4n) is 2.26. The highest BCUT2D eigenvalue weighted by Gasteiger charge is 2.16. The largest absolute Gasteiger partial charge is 0.396 e. The number of unbranched alkanes of at least 4 members (excludes halogenated alkanes) is 1. The zero-order chi connectivity index (χ0) is 15.8. The van der Waals surface area contributed by atoms with Crippen LogP contribution in [-0.2, 0) is 9.73 Å². The third-order valence-corrected chi connectivity index (χ3v) is 5.84. The molecule has 0 aliphatic carbocycles. The molecule has 3 N–H and O–H groups in total. The third kappa shape index (κ3) is 5.31. The highest BCUT2D eigenvalue weighted by molar-refractivity contribution is 7.93. The van der Waals surface area contributed by atoms with Gasteiger partial charge in [0.05, 0.1) is 15.4 Å². The number of benzene rings is 1. The van der Waals surface area contributed by atoms with Crippen LogP contribution in [0.5, 0.6) is 0 Å². The average Bonchev–Trinajstić information content (AvgIpc) is 2.92. The van der Waals surface area contributed by atoms with Crippen LogP contribution in [-0.4, -0.2) is 40.0 Å². The summed E-state index contributed by atoms with van der Waals surface area (Å²) < 4.78 is 16.7. The molecule has 0 bridgehead atoms. The SMILES string of the molecule is O=C(NCCCCO)Nc1ccc(N=S2(=O)CCCC2)cc1. The Morgan fingerprint density at radius 1 is 1.18 bits per heavy atom. The molecule has 2 rings (SSSR count). The summed E-state index contributed by atoms with van der Waals surface area (Å²) in [6, 6.07) is 6.77. The minimum atomic E-state index is -2.06. The van der Waals surface area contributed by atoms with Gasteiger partial charge in [0.1, 0.15) is 0 Å². The van der Waals surface area contributed by atoms with Crippen LogP contribution in [0.4, 0.5) is 16.2 Å². The molecule has 1 heterocycles. The van der Waals surface area contributed by atoms with Crippen molar-refractivity contribution in [2.75, 3.05) is 30.0 Å². The van der Waals surface area contributed by atoms with Gasteiger partial charge in [0.25, 0.3) is 0 Å². The minimum absolute atomic E-state index is 0.136. The lowest BCUT2D eigenvalue weighted by Gasteiger charge is -2.07. The number of aliphatic hydroxyl groups excluding tert-OH is 1. The second-order valence-electron chi connectivity index (χ2n) is 5.34. The molecule has 1 aromatic rings. The highest BCUT2D eigenvalue weighted by Crippen LogP contribution is 2.22. The van der Waals surface area contributed by atoms with E-state index in [1.807, 2.05) is 0 Å². The summed E-state index contributed by atoms with van der Waals surface area (Å²) in [5.74, 6) is 1.37. The molecule has 0 atom stereocenters. The molecule has 1 aliphatic heterocycles. The third-order valence-electron chi connectivity index (χ3n) is 3.44. The number of hydrogen-bond donors (Lipinski definition) is 3. The monoisotopic (exact) mass is 325 g/mol. The standard InChI is InChI=1S/C15H23N3O3S/c19-10-2-1-9-16-15(20)17-13-5-7-14(8-6-13)18-22(21)11-3-4-12-22/h5-8,19H,1-4,9-12H2,(H2,16,17,20). The zero-order valence-corrected chi connectivity index (χ0v) is 13.4. The summed E-state index contributed by atoms with van der Waals surface area (Å²) in [6.45, 7) is 0.666. The zero-order valence-electron chi connectivity index (χ0n) is 12.6. The number of aliphatic hydroxyl groups is 1. The summed E-state index contributed by atoms with van der Waals surface area (Å²) in [7, 11) is -2.06. The van der Waals surface area contributed by atoms with Gasteiger partial charge in [-0.3, -0.25) is 0 Å². The van der Waals surface area contributed by atoms with Crippen molar-refractivity contribution in [3.8, 4) is 0 Å². The molecular formula is C15H23N3O3S. The Labute approximate surface area is 131 Å². The van der Waals surface area contributed by atoms with Gasteiger partial charge in [-0.15, -0.1) is 0 Å². The fraction of sp³-hybridized carbons (Fsp3) is 0.533.